The molecule has 2 aliphatic rings. The fourth-order valence-corrected chi connectivity index (χ4v) is 4.10. The molecule has 1 saturated carbocycles. The largest absolute Gasteiger partial charge is 0.359 e. The van der Waals surface area contributed by atoms with Crippen molar-refractivity contribution in [2.45, 2.75) is 51.5 Å². The zero-order valence-corrected chi connectivity index (χ0v) is 16.5. The molecule has 1 spiro atoms. The molecule has 0 saturated heterocycles. The highest BCUT2D eigenvalue weighted by Crippen LogP contribution is 2.56. The first-order chi connectivity index (χ1) is 13.5. The van der Waals surface area contributed by atoms with E-state index in [0.717, 1.165) is 17.3 Å². The molecule has 1 fully saturated rings. The molecular formula is C23H27N3O2. The van der Waals surface area contributed by atoms with Crippen LogP contribution in [0.5, 0.6) is 0 Å². The summed E-state index contributed by atoms with van der Waals surface area (Å²) in [5.41, 5.74) is 4.65. The van der Waals surface area contributed by atoms with Crippen LogP contribution >= 0.6 is 0 Å². The standard InChI is InChI=1S/C23H27N3O2/c1-15(12-20(27)24-2)26-22(28)18-13-17-4-3-5-19(21(17)25-14-18)16-6-8-23(9-7-16)10-11-23/h3-6,13-15H,7-12H2,1-2H3,(H,24,27)(H,26,28). The van der Waals surface area contributed by atoms with Crippen LogP contribution in [0.4, 0.5) is 0 Å². The number of nitrogens with zero attached hydrogens (tertiary/aromatic N) is 1. The van der Waals surface area contributed by atoms with E-state index in [4.69, 9.17) is 0 Å². The van der Waals surface area contributed by atoms with Crippen LogP contribution in [0.25, 0.3) is 16.5 Å². The number of carbonyl (C=O) groups is 2. The number of aromatic nitrogens is 1. The van der Waals surface area contributed by atoms with Crippen molar-refractivity contribution in [2.75, 3.05) is 7.05 Å². The van der Waals surface area contributed by atoms with Gasteiger partial charge in [-0.15, -0.1) is 0 Å². The topological polar surface area (TPSA) is 71.1 Å². The van der Waals surface area contributed by atoms with Gasteiger partial charge in [-0.05, 0) is 56.1 Å². The Hall–Kier alpha value is -2.69. The number of carbonyl (C=O) groups excluding carboxylic acids is 2. The molecule has 1 atom stereocenters. The lowest BCUT2D eigenvalue weighted by Gasteiger charge is -2.22. The van der Waals surface area contributed by atoms with E-state index in [2.05, 4.69) is 27.8 Å². The van der Waals surface area contributed by atoms with Crippen molar-refractivity contribution in [1.82, 2.24) is 15.6 Å². The van der Waals surface area contributed by atoms with Gasteiger partial charge in [0.2, 0.25) is 5.91 Å². The Bertz CT molecular complexity index is 959. The summed E-state index contributed by atoms with van der Waals surface area (Å²) < 4.78 is 0. The number of rotatable bonds is 5. The number of nitrogens with one attached hydrogen (secondary N) is 2. The Kier molecular flexibility index (Phi) is 4.92. The first-order valence-electron chi connectivity index (χ1n) is 10.1. The summed E-state index contributed by atoms with van der Waals surface area (Å²) in [4.78, 5) is 28.6. The molecule has 1 heterocycles. The van der Waals surface area contributed by atoms with Gasteiger partial charge in [0.25, 0.3) is 5.91 Å². The van der Waals surface area contributed by atoms with E-state index in [1.54, 1.807) is 13.2 Å². The maximum atomic E-state index is 12.5. The lowest BCUT2D eigenvalue weighted by Crippen LogP contribution is -2.36. The van der Waals surface area contributed by atoms with Gasteiger partial charge in [0.1, 0.15) is 0 Å². The van der Waals surface area contributed by atoms with Gasteiger partial charge in [0, 0.05) is 36.7 Å². The summed E-state index contributed by atoms with van der Waals surface area (Å²) in [5, 5.41) is 6.41. The van der Waals surface area contributed by atoms with Crippen molar-refractivity contribution in [3.63, 3.8) is 0 Å². The van der Waals surface area contributed by atoms with E-state index < -0.39 is 0 Å². The second-order valence-electron chi connectivity index (χ2n) is 8.29. The molecule has 0 aliphatic heterocycles. The van der Waals surface area contributed by atoms with Crippen LogP contribution in [0.3, 0.4) is 0 Å². The van der Waals surface area contributed by atoms with Crippen molar-refractivity contribution in [1.29, 1.82) is 0 Å². The minimum absolute atomic E-state index is 0.0946. The number of para-hydroxylation sites is 1. The summed E-state index contributed by atoms with van der Waals surface area (Å²) in [6, 6.07) is 7.83. The van der Waals surface area contributed by atoms with E-state index in [9.17, 15) is 9.59 Å². The molecular weight excluding hydrogens is 350 g/mol. The molecule has 5 heteroatoms. The lowest BCUT2D eigenvalue weighted by atomic mass is 9.84. The van der Waals surface area contributed by atoms with Gasteiger partial charge in [-0.25, -0.2) is 0 Å². The molecule has 4 rings (SSSR count). The van der Waals surface area contributed by atoms with Gasteiger partial charge in [0.15, 0.2) is 0 Å². The number of hydrogen-bond acceptors (Lipinski definition) is 3. The number of hydrogen-bond donors (Lipinski definition) is 2. The summed E-state index contributed by atoms with van der Waals surface area (Å²) in [6.45, 7) is 1.82. The highest BCUT2D eigenvalue weighted by Gasteiger charge is 2.42. The van der Waals surface area contributed by atoms with Crippen LogP contribution in [0, 0.1) is 5.41 Å². The summed E-state index contributed by atoms with van der Waals surface area (Å²) in [5.74, 6) is -0.299. The molecule has 146 valence electrons. The first kappa shape index (κ1) is 18.7. The Morgan fingerprint density at radius 1 is 1.25 bits per heavy atom. The summed E-state index contributed by atoms with van der Waals surface area (Å²) in [6.07, 6.45) is 10.6. The Balaban J connectivity index is 1.54. The highest BCUT2D eigenvalue weighted by molar-refractivity contribution is 5.99. The molecule has 2 aromatic rings. The van der Waals surface area contributed by atoms with Crippen LogP contribution in [-0.4, -0.2) is 29.9 Å². The van der Waals surface area contributed by atoms with Gasteiger partial charge in [-0.1, -0.05) is 24.3 Å². The summed E-state index contributed by atoms with van der Waals surface area (Å²) in [7, 11) is 1.59. The molecule has 2 amide bonds. The number of pyridine rings is 1. The van der Waals surface area contributed by atoms with Gasteiger partial charge >= 0.3 is 0 Å². The third kappa shape index (κ3) is 3.79. The molecule has 5 nitrogen and oxygen atoms in total. The molecule has 1 unspecified atom stereocenters. The van der Waals surface area contributed by atoms with E-state index in [-0.39, 0.29) is 24.3 Å². The second-order valence-corrected chi connectivity index (χ2v) is 8.29. The highest BCUT2D eigenvalue weighted by atomic mass is 16.2. The normalized spacial score (nSPS) is 18.4. The predicted molar refractivity (Wildman–Crippen MR) is 111 cm³/mol. The lowest BCUT2D eigenvalue weighted by molar-refractivity contribution is -0.120. The predicted octanol–water partition coefficient (Wildman–Crippen LogP) is 3.84. The van der Waals surface area contributed by atoms with Gasteiger partial charge in [-0.3, -0.25) is 14.6 Å². The third-order valence-corrected chi connectivity index (χ3v) is 6.13. The Labute approximate surface area is 165 Å². The Morgan fingerprint density at radius 3 is 2.75 bits per heavy atom. The SMILES string of the molecule is CNC(=O)CC(C)NC(=O)c1cnc2c(C3=CCC4(CC3)CC4)cccc2c1. The molecule has 1 aromatic heterocycles. The molecule has 0 radical (unpaired) electrons. The first-order valence-corrected chi connectivity index (χ1v) is 10.1. The number of benzene rings is 1. The molecule has 28 heavy (non-hydrogen) atoms. The van der Waals surface area contributed by atoms with Crippen molar-refractivity contribution in [3.8, 4) is 0 Å². The number of amides is 2. The molecule has 1 aromatic carbocycles. The fraction of sp³-hybridized carbons (Fsp3) is 0.435. The van der Waals surface area contributed by atoms with E-state index in [1.165, 1.54) is 36.8 Å². The van der Waals surface area contributed by atoms with Crippen molar-refractivity contribution < 1.29 is 9.59 Å². The molecule has 2 aliphatic carbocycles. The second kappa shape index (κ2) is 7.38. The number of allylic oxidation sites excluding steroid dienone is 2. The number of fused-ring (bicyclic) bond motifs is 1. The van der Waals surface area contributed by atoms with E-state index in [1.807, 2.05) is 25.1 Å². The smallest absolute Gasteiger partial charge is 0.253 e. The average Bonchev–Trinajstić information content (AvgIpc) is 3.46. The van der Waals surface area contributed by atoms with Crippen molar-refractivity contribution in [2.24, 2.45) is 5.41 Å². The van der Waals surface area contributed by atoms with Gasteiger partial charge in [0.05, 0.1) is 11.1 Å². The van der Waals surface area contributed by atoms with E-state index in [0.29, 0.717) is 11.0 Å². The zero-order chi connectivity index (χ0) is 19.7. The van der Waals surface area contributed by atoms with Crippen molar-refractivity contribution >= 4 is 28.3 Å². The minimum atomic E-state index is -0.239. The zero-order valence-electron chi connectivity index (χ0n) is 16.5. The quantitative estimate of drug-likeness (QED) is 0.832. The van der Waals surface area contributed by atoms with Crippen LogP contribution in [-0.2, 0) is 4.79 Å². The fourth-order valence-electron chi connectivity index (χ4n) is 4.10. The van der Waals surface area contributed by atoms with E-state index >= 15 is 0 Å². The van der Waals surface area contributed by atoms with Gasteiger partial charge in [-0.2, -0.15) is 0 Å². The van der Waals surface area contributed by atoms with Crippen LogP contribution in [0.1, 0.15) is 61.4 Å². The summed E-state index contributed by atoms with van der Waals surface area (Å²) >= 11 is 0. The molecule has 2 N–H and O–H groups in total. The monoisotopic (exact) mass is 377 g/mol. The average molecular weight is 377 g/mol. The Morgan fingerprint density at radius 2 is 2.07 bits per heavy atom. The third-order valence-electron chi connectivity index (χ3n) is 6.13. The van der Waals surface area contributed by atoms with Crippen LogP contribution in [0.15, 0.2) is 36.5 Å². The van der Waals surface area contributed by atoms with Gasteiger partial charge < -0.3 is 10.6 Å². The van der Waals surface area contributed by atoms with Crippen LogP contribution < -0.4 is 10.6 Å². The maximum absolute atomic E-state index is 12.5. The molecule has 0 bridgehead atoms. The minimum Gasteiger partial charge on any atom is -0.359 e. The van der Waals surface area contributed by atoms with Crippen molar-refractivity contribution in [3.05, 3.63) is 47.7 Å². The maximum Gasteiger partial charge on any atom is 0.253 e. The van der Waals surface area contributed by atoms with Crippen LogP contribution in [0.2, 0.25) is 0 Å².